The van der Waals surface area contributed by atoms with Gasteiger partial charge in [-0.1, -0.05) is 12.1 Å². The molecule has 0 aliphatic rings. The second-order valence-electron chi connectivity index (χ2n) is 5.42. The lowest BCUT2D eigenvalue weighted by atomic mass is 10.1. The van der Waals surface area contributed by atoms with Gasteiger partial charge in [-0.15, -0.1) is 11.3 Å². The maximum Gasteiger partial charge on any atom is 0.315 e. The number of rotatable bonds is 6. The van der Waals surface area contributed by atoms with Crippen molar-refractivity contribution in [1.29, 1.82) is 5.26 Å². The van der Waals surface area contributed by atoms with E-state index in [0.717, 1.165) is 10.2 Å². The first-order valence-corrected chi connectivity index (χ1v) is 8.86. The number of hydrogen-bond acceptors (Lipinski definition) is 7. The number of hydrogen-bond donors (Lipinski definition) is 0. The summed E-state index contributed by atoms with van der Waals surface area (Å²) in [6, 6.07) is 12.7. The molecule has 0 saturated heterocycles. The van der Waals surface area contributed by atoms with Crippen LogP contribution in [-0.2, 0) is 0 Å². The van der Waals surface area contributed by atoms with Crippen LogP contribution in [-0.4, -0.2) is 23.6 Å². The molecule has 1 heterocycles. The molecule has 0 unspecified atom stereocenters. The third-order valence-corrected chi connectivity index (χ3v) is 4.78. The lowest BCUT2D eigenvalue weighted by molar-refractivity contribution is -0.385. The van der Waals surface area contributed by atoms with Crippen LogP contribution in [0.5, 0.6) is 11.5 Å². The van der Waals surface area contributed by atoms with Gasteiger partial charge in [0, 0.05) is 6.07 Å². The van der Waals surface area contributed by atoms with Gasteiger partial charge >= 0.3 is 5.69 Å². The van der Waals surface area contributed by atoms with Crippen molar-refractivity contribution in [2.24, 2.45) is 0 Å². The van der Waals surface area contributed by atoms with Gasteiger partial charge in [0.2, 0.25) is 5.75 Å². The first kappa shape index (κ1) is 18.4. The first-order chi connectivity index (χ1) is 13.1. The Kier molecular flexibility index (Phi) is 5.33. The molecule has 0 radical (unpaired) electrons. The summed E-state index contributed by atoms with van der Waals surface area (Å²) in [6.45, 7) is 2.10. The van der Waals surface area contributed by atoms with E-state index in [2.05, 4.69) is 11.1 Å². The Labute approximate surface area is 159 Å². The standard InChI is InChI=1S/C19H15N3O4S/c1-3-26-16-10-12(9-15(22(23)24)18(16)25-2)8-13(11-20)19-21-14-6-4-5-7-17(14)27-19/h4-10H,3H2,1-2H3/b13-8-. The zero-order chi connectivity index (χ0) is 19.4. The SMILES string of the molecule is CCOc1cc(/C=C(/C#N)c2nc3ccccc3s2)cc([N+](=O)[O-])c1OC. The molecule has 0 fully saturated rings. The highest BCUT2D eigenvalue weighted by atomic mass is 32.1. The molecular formula is C19H15N3O4S. The lowest BCUT2D eigenvalue weighted by Crippen LogP contribution is -2.00. The summed E-state index contributed by atoms with van der Waals surface area (Å²) in [4.78, 5) is 15.3. The van der Waals surface area contributed by atoms with Crippen LogP contribution in [0.2, 0.25) is 0 Å². The second-order valence-corrected chi connectivity index (χ2v) is 6.45. The summed E-state index contributed by atoms with van der Waals surface area (Å²) in [5.41, 5.74) is 1.35. The molecule has 3 aromatic rings. The fraction of sp³-hybridized carbons (Fsp3) is 0.158. The number of allylic oxidation sites excluding steroid dienone is 1. The van der Waals surface area contributed by atoms with E-state index in [0.29, 0.717) is 22.8 Å². The fourth-order valence-corrected chi connectivity index (χ4v) is 3.52. The Morgan fingerprint density at radius 1 is 1.41 bits per heavy atom. The third kappa shape index (κ3) is 3.73. The Morgan fingerprint density at radius 2 is 2.19 bits per heavy atom. The molecule has 0 saturated carbocycles. The number of methoxy groups -OCH3 is 1. The van der Waals surface area contributed by atoms with Crippen LogP contribution in [0.4, 0.5) is 5.69 Å². The van der Waals surface area contributed by atoms with Crippen LogP contribution >= 0.6 is 11.3 Å². The van der Waals surface area contributed by atoms with Crippen LogP contribution in [0, 0.1) is 21.4 Å². The van der Waals surface area contributed by atoms with Gasteiger partial charge in [-0.2, -0.15) is 5.26 Å². The zero-order valence-corrected chi connectivity index (χ0v) is 15.4. The Morgan fingerprint density at radius 3 is 2.81 bits per heavy atom. The molecule has 3 rings (SSSR count). The number of para-hydroxylation sites is 1. The van der Waals surface area contributed by atoms with Crippen molar-refractivity contribution in [3.63, 3.8) is 0 Å². The maximum atomic E-state index is 11.4. The van der Waals surface area contributed by atoms with Gasteiger partial charge < -0.3 is 9.47 Å². The molecule has 0 amide bonds. The van der Waals surface area contributed by atoms with Crippen molar-refractivity contribution in [3.05, 3.63) is 57.1 Å². The summed E-state index contributed by atoms with van der Waals surface area (Å²) in [6.07, 6.45) is 1.56. The van der Waals surface area contributed by atoms with Gasteiger partial charge in [0.1, 0.15) is 11.1 Å². The second kappa shape index (κ2) is 7.85. The average Bonchev–Trinajstić information content (AvgIpc) is 3.09. The minimum atomic E-state index is -0.539. The molecule has 27 heavy (non-hydrogen) atoms. The van der Waals surface area contributed by atoms with E-state index in [-0.39, 0.29) is 17.2 Å². The van der Waals surface area contributed by atoms with E-state index in [1.165, 1.54) is 24.5 Å². The average molecular weight is 381 g/mol. The molecule has 1 aromatic heterocycles. The molecule has 0 atom stereocenters. The highest BCUT2D eigenvalue weighted by Gasteiger charge is 2.22. The van der Waals surface area contributed by atoms with Crippen molar-refractivity contribution in [2.45, 2.75) is 6.92 Å². The third-order valence-electron chi connectivity index (χ3n) is 3.71. The van der Waals surface area contributed by atoms with Gasteiger partial charge in [0.15, 0.2) is 5.75 Å². The molecule has 7 nitrogen and oxygen atoms in total. The van der Waals surface area contributed by atoms with Crippen LogP contribution in [0.3, 0.4) is 0 Å². The predicted octanol–water partition coefficient (Wildman–Crippen LogP) is 4.68. The molecule has 8 heteroatoms. The van der Waals surface area contributed by atoms with Gasteiger partial charge in [0.05, 0.1) is 34.4 Å². The van der Waals surface area contributed by atoms with E-state index in [1.54, 1.807) is 19.1 Å². The Bertz CT molecular complexity index is 1050. The van der Waals surface area contributed by atoms with Crippen LogP contribution in [0.25, 0.3) is 21.9 Å². The molecule has 0 aliphatic carbocycles. The molecule has 2 aromatic carbocycles. The van der Waals surface area contributed by atoms with Gasteiger partial charge in [-0.05, 0) is 36.8 Å². The number of nitro groups is 1. The number of fused-ring (bicyclic) bond motifs is 1. The summed E-state index contributed by atoms with van der Waals surface area (Å²) in [7, 11) is 1.35. The van der Waals surface area contributed by atoms with E-state index in [1.807, 2.05) is 24.3 Å². The van der Waals surface area contributed by atoms with Gasteiger partial charge in [0.25, 0.3) is 0 Å². The molecular weight excluding hydrogens is 366 g/mol. The van der Waals surface area contributed by atoms with Crippen molar-refractivity contribution < 1.29 is 14.4 Å². The monoisotopic (exact) mass is 381 g/mol. The number of nitriles is 1. The van der Waals surface area contributed by atoms with E-state index in [9.17, 15) is 15.4 Å². The van der Waals surface area contributed by atoms with Crippen molar-refractivity contribution >= 4 is 38.9 Å². The molecule has 0 N–H and O–H groups in total. The number of thiazole rings is 1. The molecule has 0 bridgehead atoms. The number of nitrogens with zero attached hydrogens (tertiary/aromatic N) is 3. The van der Waals surface area contributed by atoms with Gasteiger partial charge in [-0.25, -0.2) is 4.98 Å². The van der Waals surface area contributed by atoms with Crippen LogP contribution in [0.15, 0.2) is 36.4 Å². The van der Waals surface area contributed by atoms with Crippen molar-refractivity contribution in [1.82, 2.24) is 4.98 Å². The summed E-state index contributed by atoms with van der Waals surface area (Å²) >= 11 is 1.39. The molecule has 136 valence electrons. The summed E-state index contributed by atoms with van der Waals surface area (Å²) in [5.74, 6) is 0.305. The topological polar surface area (TPSA) is 98.3 Å². The highest BCUT2D eigenvalue weighted by molar-refractivity contribution is 7.19. The minimum absolute atomic E-state index is 0.0532. The van der Waals surface area contributed by atoms with E-state index < -0.39 is 4.92 Å². The number of ether oxygens (including phenoxy) is 2. The zero-order valence-electron chi connectivity index (χ0n) is 14.6. The normalized spacial score (nSPS) is 11.2. The van der Waals surface area contributed by atoms with Crippen molar-refractivity contribution in [2.75, 3.05) is 13.7 Å². The smallest absolute Gasteiger partial charge is 0.315 e. The summed E-state index contributed by atoms with van der Waals surface area (Å²) in [5, 5.41) is 21.5. The quantitative estimate of drug-likeness (QED) is 0.349. The number of nitro benzene ring substituents is 1. The molecule has 0 spiro atoms. The van der Waals surface area contributed by atoms with Gasteiger partial charge in [-0.3, -0.25) is 10.1 Å². The predicted molar refractivity (Wildman–Crippen MR) is 104 cm³/mol. The fourth-order valence-electron chi connectivity index (χ4n) is 2.59. The van der Waals surface area contributed by atoms with Crippen LogP contribution < -0.4 is 9.47 Å². The maximum absolute atomic E-state index is 11.4. The van der Waals surface area contributed by atoms with Crippen molar-refractivity contribution in [3.8, 4) is 17.6 Å². The lowest BCUT2D eigenvalue weighted by Gasteiger charge is -2.10. The number of benzene rings is 2. The van der Waals surface area contributed by atoms with E-state index in [4.69, 9.17) is 9.47 Å². The van der Waals surface area contributed by atoms with E-state index >= 15 is 0 Å². The molecule has 0 aliphatic heterocycles. The first-order valence-electron chi connectivity index (χ1n) is 8.04. The Hall–Kier alpha value is -3.44. The highest BCUT2D eigenvalue weighted by Crippen LogP contribution is 2.39. The Balaban J connectivity index is 2.13. The summed E-state index contributed by atoms with van der Waals surface area (Å²) < 4.78 is 11.6. The minimum Gasteiger partial charge on any atom is -0.490 e. The van der Waals surface area contributed by atoms with Crippen LogP contribution in [0.1, 0.15) is 17.5 Å². The number of aromatic nitrogens is 1. The largest absolute Gasteiger partial charge is 0.490 e.